The Morgan fingerprint density at radius 2 is 1.21 bits per heavy atom. The number of benzene rings is 4. The van der Waals surface area contributed by atoms with Crippen LogP contribution in [0.15, 0.2) is 71.6 Å². The molecule has 1 N–H and O–H groups in total. The van der Waals surface area contributed by atoms with Gasteiger partial charge >= 0.3 is 0 Å². The van der Waals surface area contributed by atoms with E-state index in [-0.39, 0.29) is 4.90 Å². The summed E-state index contributed by atoms with van der Waals surface area (Å²) in [5, 5.41) is 4.09. The van der Waals surface area contributed by atoms with E-state index in [1.165, 1.54) is 21.9 Å². The molecule has 0 atom stereocenters. The number of hydrogen-bond acceptors (Lipinski definition) is 2. The average Bonchev–Trinajstić information content (AvgIpc) is 2.61. The molecule has 144 valence electrons. The van der Waals surface area contributed by atoms with Gasteiger partial charge in [0.15, 0.2) is 0 Å². The Morgan fingerprint density at radius 3 is 1.82 bits per heavy atom. The van der Waals surface area contributed by atoms with Gasteiger partial charge in [-0.1, -0.05) is 77.9 Å². The number of hydrogen-bond donors (Lipinski definition) is 1. The third-order valence-electron chi connectivity index (χ3n) is 4.83. The summed E-state index contributed by atoms with van der Waals surface area (Å²) in [6, 6.07) is 22.0. The van der Waals surface area contributed by atoms with E-state index in [1.807, 2.05) is 25.1 Å². The van der Waals surface area contributed by atoms with Crippen LogP contribution in [-0.2, 0) is 10.1 Å². The second-order valence-electron chi connectivity index (χ2n) is 7.21. The second kappa shape index (κ2) is 7.74. The molecule has 0 aliphatic carbocycles. The Bertz CT molecular complexity index is 1270. The number of aryl methyl sites for hydroxylation is 4. The molecule has 3 nitrogen and oxygen atoms in total. The molecule has 0 saturated carbocycles. The Morgan fingerprint density at radius 1 is 0.643 bits per heavy atom. The Balaban J connectivity index is 0.000000167. The minimum absolute atomic E-state index is 0.00463. The maximum Gasteiger partial charge on any atom is 0.295 e. The summed E-state index contributed by atoms with van der Waals surface area (Å²) in [6.45, 7) is 7.88. The SMILES string of the molecule is Cc1ccc2c(C)cccc2c1.Cc1ccc2c(S(=O)(=O)O)c(C)ccc2c1. The van der Waals surface area contributed by atoms with Crippen LogP contribution in [0.4, 0.5) is 0 Å². The summed E-state index contributed by atoms with van der Waals surface area (Å²) >= 11 is 0. The van der Waals surface area contributed by atoms with Crippen LogP contribution in [0.25, 0.3) is 21.5 Å². The fourth-order valence-corrected chi connectivity index (χ4v) is 4.38. The highest BCUT2D eigenvalue weighted by Crippen LogP contribution is 2.27. The second-order valence-corrected chi connectivity index (χ2v) is 8.57. The van der Waals surface area contributed by atoms with Gasteiger partial charge in [-0.15, -0.1) is 0 Å². The molecule has 0 radical (unpaired) electrons. The first kappa shape index (κ1) is 20.1. The summed E-state index contributed by atoms with van der Waals surface area (Å²) in [7, 11) is -4.17. The van der Waals surface area contributed by atoms with E-state index < -0.39 is 10.1 Å². The molecule has 0 aliphatic rings. The predicted octanol–water partition coefficient (Wildman–Crippen LogP) is 6.16. The van der Waals surface area contributed by atoms with Gasteiger partial charge in [-0.3, -0.25) is 4.55 Å². The van der Waals surface area contributed by atoms with Gasteiger partial charge in [0.25, 0.3) is 10.1 Å². The van der Waals surface area contributed by atoms with Crippen LogP contribution < -0.4 is 0 Å². The highest BCUT2D eigenvalue weighted by atomic mass is 32.2. The first-order valence-corrected chi connectivity index (χ1v) is 10.5. The third-order valence-corrected chi connectivity index (χ3v) is 5.89. The lowest BCUT2D eigenvalue weighted by atomic mass is 10.0. The van der Waals surface area contributed by atoms with Crippen molar-refractivity contribution in [3.8, 4) is 0 Å². The predicted molar refractivity (Wildman–Crippen MR) is 117 cm³/mol. The fraction of sp³-hybridized carbons (Fsp3) is 0.167. The molecule has 0 saturated heterocycles. The maximum atomic E-state index is 11.3. The van der Waals surface area contributed by atoms with E-state index in [1.54, 1.807) is 19.1 Å². The van der Waals surface area contributed by atoms with Crippen molar-refractivity contribution in [2.75, 3.05) is 0 Å². The summed E-state index contributed by atoms with van der Waals surface area (Å²) in [5.74, 6) is 0. The zero-order valence-electron chi connectivity index (χ0n) is 16.5. The van der Waals surface area contributed by atoms with E-state index in [4.69, 9.17) is 0 Å². The molecule has 0 fully saturated rings. The van der Waals surface area contributed by atoms with Gasteiger partial charge in [0, 0.05) is 5.39 Å². The number of rotatable bonds is 1. The van der Waals surface area contributed by atoms with Crippen molar-refractivity contribution in [3.05, 3.63) is 89.0 Å². The van der Waals surface area contributed by atoms with Gasteiger partial charge in [0.2, 0.25) is 0 Å². The van der Waals surface area contributed by atoms with Crippen molar-refractivity contribution in [1.29, 1.82) is 0 Å². The molecule has 4 heteroatoms. The molecule has 0 aromatic heterocycles. The average molecular weight is 393 g/mol. The van der Waals surface area contributed by atoms with Crippen molar-refractivity contribution in [1.82, 2.24) is 0 Å². The van der Waals surface area contributed by atoms with Crippen LogP contribution in [0.3, 0.4) is 0 Å². The van der Waals surface area contributed by atoms with E-state index in [0.29, 0.717) is 10.9 Å². The first-order chi connectivity index (χ1) is 13.2. The molecule has 0 bridgehead atoms. The van der Waals surface area contributed by atoms with Gasteiger partial charge in [-0.05, 0) is 55.0 Å². The zero-order valence-corrected chi connectivity index (χ0v) is 17.3. The lowest BCUT2D eigenvalue weighted by Gasteiger charge is -2.07. The molecular formula is C24H24O3S. The molecule has 0 amide bonds. The third kappa shape index (κ3) is 4.24. The highest BCUT2D eigenvalue weighted by molar-refractivity contribution is 7.86. The minimum atomic E-state index is -4.17. The largest absolute Gasteiger partial charge is 0.295 e. The summed E-state index contributed by atoms with van der Waals surface area (Å²) < 4.78 is 31.8. The van der Waals surface area contributed by atoms with Crippen LogP contribution in [-0.4, -0.2) is 13.0 Å². The van der Waals surface area contributed by atoms with Gasteiger partial charge < -0.3 is 0 Å². The van der Waals surface area contributed by atoms with E-state index >= 15 is 0 Å². The first-order valence-electron chi connectivity index (χ1n) is 9.10. The molecule has 28 heavy (non-hydrogen) atoms. The smallest absolute Gasteiger partial charge is 0.282 e. The molecule has 0 unspecified atom stereocenters. The molecule has 4 rings (SSSR count). The Labute approximate surface area is 166 Å². The van der Waals surface area contributed by atoms with Gasteiger partial charge in [0.05, 0.1) is 0 Å². The minimum Gasteiger partial charge on any atom is -0.282 e. The quantitative estimate of drug-likeness (QED) is 0.395. The molecular weight excluding hydrogens is 368 g/mol. The molecule has 4 aromatic carbocycles. The standard InChI is InChI=1S/C12H12O3S.C12H12/c1-8-3-6-11-10(7-8)5-4-9(2)12(11)16(13,14)15;1-9-6-7-12-10(2)4-3-5-11(12)8-9/h3-7H,1-2H3,(H,13,14,15);3-8H,1-2H3. The van der Waals surface area contributed by atoms with E-state index in [2.05, 4.69) is 50.2 Å². The molecule has 4 aromatic rings. The normalized spacial score (nSPS) is 11.3. The van der Waals surface area contributed by atoms with Crippen molar-refractivity contribution in [2.24, 2.45) is 0 Å². The maximum absolute atomic E-state index is 11.3. The van der Waals surface area contributed by atoms with Crippen molar-refractivity contribution in [2.45, 2.75) is 32.6 Å². The molecule has 0 aliphatic heterocycles. The zero-order chi connectivity index (χ0) is 20.5. The summed E-state index contributed by atoms with van der Waals surface area (Å²) in [6.07, 6.45) is 0. The molecule has 0 heterocycles. The highest BCUT2D eigenvalue weighted by Gasteiger charge is 2.16. The summed E-state index contributed by atoms with van der Waals surface area (Å²) in [5.41, 5.74) is 4.29. The Hall–Kier alpha value is -2.69. The van der Waals surface area contributed by atoms with Crippen molar-refractivity contribution >= 4 is 31.7 Å². The van der Waals surface area contributed by atoms with Crippen LogP contribution in [0.2, 0.25) is 0 Å². The van der Waals surface area contributed by atoms with Gasteiger partial charge in [-0.25, -0.2) is 0 Å². The van der Waals surface area contributed by atoms with Crippen LogP contribution >= 0.6 is 0 Å². The van der Waals surface area contributed by atoms with Gasteiger partial charge in [-0.2, -0.15) is 8.42 Å². The molecule has 0 spiro atoms. The topological polar surface area (TPSA) is 54.4 Å². The van der Waals surface area contributed by atoms with Crippen LogP contribution in [0, 0.1) is 27.7 Å². The monoisotopic (exact) mass is 392 g/mol. The lowest BCUT2D eigenvalue weighted by molar-refractivity contribution is 0.483. The number of fused-ring (bicyclic) bond motifs is 2. The fourth-order valence-electron chi connectivity index (χ4n) is 3.44. The van der Waals surface area contributed by atoms with Crippen molar-refractivity contribution < 1.29 is 13.0 Å². The van der Waals surface area contributed by atoms with Crippen molar-refractivity contribution in [3.63, 3.8) is 0 Å². The van der Waals surface area contributed by atoms with Gasteiger partial charge in [0.1, 0.15) is 4.90 Å². The lowest BCUT2D eigenvalue weighted by Crippen LogP contribution is -2.02. The van der Waals surface area contributed by atoms with Crippen LogP contribution in [0.1, 0.15) is 22.3 Å². The summed E-state index contributed by atoms with van der Waals surface area (Å²) in [4.78, 5) is 0.00463. The Kier molecular flexibility index (Phi) is 5.54. The van der Waals surface area contributed by atoms with E-state index in [9.17, 15) is 13.0 Å². The van der Waals surface area contributed by atoms with Crippen LogP contribution in [0.5, 0.6) is 0 Å². The van der Waals surface area contributed by atoms with E-state index in [0.717, 1.165) is 10.9 Å².